The molecule has 0 aromatic carbocycles. The van der Waals surface area contributed by atoms with Crippen molar-refractivity contribution >= 4 is 28.6 Å². The highest BCUT2D eigenvalue weighted by Crippen LogP contribution is 2.17. The summed E-state index contributed by atoms with van der Waals surface area (Å²) in [5.41, 5.74) is 0.953. The summed E-state index contributed by atoms with van der Waals surface area (Å²) in [7, 11) is 1.54. The number of halogens is 1. The van der Waals surface area contributed by atoms with E-state index in [2.05, 4.69) is 10.1 Å². The maximum Gasteiger partial charge on any atom is 0.350 e. The second kappa shape index (κ2) is 4.67. The van der Waals surface area contributed by atoms with Crippen LogP contribution in [-0.4, -0.2) is 26.3 Å². The molecule has 0 fully saturated rings. The molecule has 19 heavy (non-hydrogen) atoms. The van der Waals surface area contributed by atoms with E-state index in [0.29, 0.717) is 21.6 Å². The van der Waals surface area contributed by atoms with Crippen molar-refractivity contribution in [3.63, 3.8) is 0 Å². The van der Waals surface area contributed by atoms with Crippen molar-refractivity contribution in [2.75, 3.05) is 7.11 Å². The van der Waals surface area contributed by atoms with Crippen LogP contribution in [0.25, 0.3) is 5.65 Å². The van der Waals surface area contributed by atoms with E-state index in [1.165, 1.54) is 20.4 Å². The quantitative estimate of drug-likeness (QED) is 0.737. The smallest absolute Gasteiger partial charge is 0.350 e. The van der Waals surface area contributed by atoms with Crippen LogP contribution in [0.4, 0.5) is 0 Å². The number of rotatable bonds is 3. The van der Waals surface area contributed by atoms with Gasteiger partial charge in [-0.15, -0.1) is 16.4 Å². The summed E-state index contributed by atoms with van der Waals surface area (Å²) >= 11 is 7.09. The lowest BCUT2D eigenvalue weighted by Gasteiger charge is -1.98. The summed E-state index contributed by atoms with van der Waals surface area (Å²) in [4.78, 5) is 16.3. The van der Waals surface area contributed by atoms with Crippen LogP contribution in [0.3, 0.4) is 0 Å². The van der Waals surface area contributed by atoms with Crippen LogP contribution >= 0.6 is 22.9 Å². The molecule has 3 rings (SSSR count). The molecule has 0 aliphatic heterocycles. The lowest BCUT2D eigenvalue weighted by atomic mass is 10.4. The Kier molecular flexibility index (Phi) is 3.00. The largest absolute Gasteiger partial charge is 0.493 e. The SMILES string of the molecule is COc1cccn2c(=O)n(Cc3csc(Cl)n3)nc12. The van der Waals surface area contributed by atoms with E-state index in [-0.39, 0.29) is 12.2 Å². The Labute approximate surface area is 116 Å². The Balaban J connectivity index is 2.10. The van der Waals surface area contributed by atoms with E-state index in [0.717, 1.165) is 0 Å². The van der Waals surface area contributed by atoms with Crippen LogP contribution in [0, 0.1) is 0 Å². The normalized spacial score (nSPS) is 11.1. The van der Waals surface area contributed by atoms with Crippen LogP contribution in [0.5, 0.6) is 5.75 Å². The molecule has 98 valence electrons. The molecule has 0 saturated carbocycles. The number of methoxy groups -OCH3 is 1. The molecule has 0 aliphatic carbocycles. The summed E-state index contributed by atoms with van der Waals surface area (Å²) in [6, 6.07) is 3.49. The van der Waals surface area contributed by atoms with Crippen LogP contribution in [0.1, 0.15) is 5.69 Å². The third-order valence-electron chi connectivity index (χ3n) is 2.63. The molecule has 0 spiro atoms. The van der Waals surface area contributed by atoms with E-state index in [1.807, 2.05) is 0 Å². The molecular formula is C11H9ClN4O2S. The van der Waals surface area contributed by atoms with Crippen molar-refractivity contribution in [2.24, 2.45) is 0 Å². The molecule has 3 aromatic heterocycles. The third-order valence-corrected chi connectivity index (χ3v) is 3.66. The predicted molar refractivity (Wildman–Crippen MR) is 72.2 cm³/mol. The van der Waals surface area contributed by atoms with Gasteiger partial charge in [0.2, 0.25) is 5.65 Å². The second-order valence-corrected chi connectivity index (χ2v) is 5.24. The second-order valence-electron chi connectivity index (χ2n) is 3.80. The molecule has 0 radical (unpaired) electrons. The fourth-order valence-corrected chi connectivity index (χ4v) is 2.56. The van der Waals surface area contributed by atoms with Gasteiger partial charge >= 0.3 is 5.69 Å². The molecular weight excluding hydrogens is 288 g/mol. The maximum atomic E-state index is 12.2. The van der Waals surface area contributed by atoms with Gasteiger partial charge in [-0.25, -0.2) is 18.9 Å². The lowest BCUT2D eigenvalue weighted by Crippen LogP contribution is -2.21. The average Bonchev–Trinajstić information content (AvgIpc) is 2.95. The Morgan fingerprint density at radius 3 is 3.05 bits per heavy atom. The zero-order chi connectivity index (χ0) is 13.4. The van der Waals surface area contributed by atoms with E-state index < -0.39 is 0 Å². The number of thiazole rings is 1. The van der Waals surface area contributed by atoms with Crippen molar-refractivity contribution in [3.8, 4) is 5.75 Å². The van der Waals surface area contributed by atoms with Crippen molar-refractivity contribution in [1.29, 1.82) is 0 Å². The summed E-state index contributed by atoms with van der Waals surface area (Å²) in [6.45, 7) is 0.285. The Bertz CT molecular complexity index is 791. The first kappa shape index (κ1) is 12.2. The highest BCUT2D eigenvalue weighted by molar-refractivity contribution is 7.13. The highest BCUT2D eigenvalue weighted by Gasteiger charge is 2.12. The first-order valence-electron chi connectivity index (χ1n) is 5.41. The van der Waals surface area contributed by atoms with Gasteiger partial charge in [0.05, 0.1) is 19.3 Å². The molecule has 0 bridgehead atoms. The first-order valence-corrected chi connectivity index (χ1v) is 6.67. The van der Waals surface area contributed by atoms with Gasteiger partial charge in [-0.1, -0.05) is 11.6 Å². The van der Waals surface area contributed by atoms with E-state index in [4.69, 9.17) is 16.3 Å². The standard InChI is InChI=1S/C11H9ClN4O2S/c1-18-8-3-2-4-15-9(8)14-16(11(15)17)5-7-6-19-10(12)13-7/h2-4,6H,5H2,1H3. The maximum absolute atomic E-state index is 12.2. The minimum absolute atomic E-state index is 0.238. The first-order chi connectivity index (χ1) is 9.19. The number of ether oxygens (including phenoxy) is 1. The van der Waals surface area contributed by atoms with E-state index in [1.54, 1.807) is 30.8 Å². The average molecular weight is 297 g/mol. The van der Waals surface area contributed by atoms with Gasteiger partial charge in [-0.2, -0.15) is 0 Å². The Morgan fingerprint density at radius 1 is 1.53 bits per heavy atom. The molecule has 0 unspecified atom stereocenters. The summed E-state index contributed by atoms with van der Waals surface area (Å²) in [6.07, 6.45) is 1.65. The predicted octanol–water partition coefficient (Wildman–Crippen LogP) is 1.66. The number of hydrogen-bond acceptors (Lipinski definition) is 5. The van der Waals surface area contributed by atoms with Gasteiger partial charge in [-0.3, -0.25) is 0 Å². The molecule has 0 aliphatic rings. The molecule has 0 N–H and O–H groups in total. The number of nitrogens with zero attached hydrogens (tertiary/aromatic N) is 4. The lowest BCUT2D eigenvalue weighted by molar-refractivity contribution is 0.416. The van der Waals surface area contributed by atoms with Crippen molar-refractivity contribution in [3.05, 3.63) is 44.4 Å². The van der Waals surface area contributed by atoms with E-state index in [9.17, 15) is 4.79 Å². The van der Waals surface area contributed by atoms with Crippen LogP contribution in [0.2, 0.25) is 4.47 Å². The zero-order valence-electron chi connectivity index (χ0n) is 9.91. The molecule has 0 atom stereocenters. The molecule has 0 saturated heterocycles. The Hall–Kier alpha value is -1.86. The molecule has 3 heterocycles. The van der Waals surface area contributed by atoms with Gasteiger partial charge in [-0.05, 0) is 12.1 Å². The van der Waals surface area contributed by atoms with E-state index >= 15 is 0 Å². The summed E-state index contributed by atoms with van der Waals surface area (Å²) < 4.78 is 8.40. The van der Waals surface area contributed by atoms with Gasteiger partial charge in [0.15, 0.2) is 10.2 Å². The van der Waals surface area contributed by atoms with Gasteiger partial charge in [0, 0.05) is 11.6 Å². The van der Waals surface area contributed by atoms with Crippen molar-refractivity contribution in [1.82, 2.24) is 19.2 Å². The zero-order valence-corrected chi connectivity index (χ0v) is 11.5. The fourth-order valence-electron chi connectivity index (χ4n) is 1.78. The monoisotopic (exact) mass is 296 g/mol. The van der Waals surface area contributed by atoms with Gasteiger partial charge in [0.25, 0.3) is 0 Å². The van der Waals surface area contributed by atoms with Crippen LogP contribution in [0.15, 0.2) is 28.5 Å². The minimum atomic E-state index is -0.238. The van der Waals surface area contributed by atoms with Crippen LogP contribution < -0.4 is 10.4 Å². The summed E-state index contributed by atoms with van der Waals surface area (Å²) in [5.74, 6) is 0.551. The van der Waals surface area contributed by atoms with Crippen molar-refractivity contribution < 1.29 is 4.74 Å². The molecule has 8 heteroatoms. The fraction of sp³-hybridized carbons (Fsp3) is 0.182. The van der Waals surface area contributed by atoms with Crippen molar-refractivity contribution in [2.45, 2.75) is 6.54 Å². The number of hydrogen-bond donors (Lipinski definition) is 0. The number of aromatic nitrogens is 4. The van der Waals surface area contributed by atoms with Crippen LogP contribution in [-0.2, 0) is 6.54 Å². The Morgan fingerprint density at radius 2 is 2.37 bits per heavy atom. The minimum Gasteiger partial charge on any atom is -0.493 e. The molecule has 0 amide bonds. The van der Waals surface area contributed by atoms with Gasteiger partial charge < -0.3 is 4.74 Å². The van der Waals surface area contributed by atoms with Gasteiger partial charge in [0.1, 0.15) is 0 Å². The summed E-state index contributed by atoms with van der Waals surface area (Å²) in [5, 5.41) is 6.05. The topological polar surface area (TPSA) is 61.4 Å². The highest BCUT2D eigenvalue weighted by atomic mass is 35.5. The number of pyridine rings is 1. The molecule has 6 nitrogen and oxygen atoms in total. The number of fused-ring (bicyclic) bond motifs is 1. The third kappa shape index (κ3) is 2.11. The molecule has 3 aromatic rings.